The Bertz CT molecular complexity index is 993. The molecule has 10 heteroatoms. The molecular weight excluding hydrogens is 538 g/mol. The van der Waals surface area contributed by atoms with Gasteiger partial charge in [-0.3, -0.25) is 14.4 Å². The van der Waals surface area contributed by atoms with Crippen LogP contribution >= 0.6 is 0 Å². The summed E-state index contributed by atoms with van der Waals surface area (Å²) in [7, 11) is 0. The number of nitrogens with one attached hydrogen (secondary N) is 2. The number of phenolic OH excluding ortho intramolecular Hbond substituents is 1. The van der Waals surface area contributed by atoms with E-state index in [-0.39, 0.29) is 37.8 Å². The van der Waals surface area contributed by atoms with Crippen molar-refractivity contribution >= 4 is 23.9 Å². The summed E-state index contributed by atoms with van der Waals surface area (Å²) in [5.41, 5.74) is -0.336. The molecule has 0 aliphatic heterocycles. The highest BCUT2D eigenvalue weighted by Gasteiger charge is 2.38. The van der Waals surface area contributed by atoms with E-state index >= 15 is 0 Å². The third-order valence-electron chi connectivity index (χ3n) is 6.87. The zero-order valence-corrected chi connectivity index (χ0v) is 26.7. The van der Waals surface area contributed by atoms with E-state index in [1.165, 1.54) is 17.0 Å². The molecule has 0 aliphatic rings. The number of phenols is 1. The summed E-state index contributed by atoms with van der Waals surface area (Å²) in [6.45, 7) is 13.4. The van der Waals surface area contributed by atoms with E-state index in [4.69, 9.17) is 9.47 Å². The summed E-state index contributed by atoms with van der Waals surface area (Å²) in [5.74, 6) is -1.66. The first kappa shape index (κ1) is 36.7. The van der Waals surface area contributed by atoms with Crippen LogP contribution in [0.1, 0.15) is 111 Å². The Morgan fingerprint density at radius 3 is 2.26 bits per heavy atom. The van der Waals surface area contributed by atoms with Crippen LogP contribution in [0.15, 0.2) is 24.3 Å². The van der Waals surface area contributed by atoms with Crippen LogP contribution in [0.5, 0.6) is 5.75 Å². The van der Waals surface area contributed by atoms with Gasteiger partial charge in [0.05, 0.1) is 13.0 Å². The van der Waals surface area contributed by atoms with Gasteiger partial charge in [-0.2, -0.15) is 0 Å². The van der Waals surface area contributed by atoms with Crippen molar-refractivity contribution in [2.24, 2.45) is 5.92 Å². The summed E-state index contributed by atoms with van der Waals surface area (Å²) in [6, 6.07) is 4.19. The van der Waals surface area contributed by atoms with Gasteiger partial charge in [0, 0.05) is 13.1 Å². The number of esters is 1. The van der Waals surface area contributed by atoms with Crippen LogP contribution in [0.4, 0.5) is 4.79 Å². The lowest BCUT2D eigenvalue weighted by Gasteiger charge is -2.36. The van der Waals surface area contributed by atoms with Crippen molar-refractivity contribution in [3.05, 3.63) is 29.8 Å². The smallest absolute Gasteiger partial charge is 0.408 e. The average molecular weight is 592 g/mol. The first-order valence-electron chi connectivity index (χ1n) is 15.4. The summed E-state index contributed by atoms with van der Waals surface area (Å²) in [6.07, 6.45) is 5.72. The molecule has 0 bridgehead atoms. The predicted octanol–water partition coefficient (Wildman–Crippen LogP) is 5.63. The van der Waals surface area contributed by atoms with Crippen molar-refractivity contribution < 1.29 is 33.8 Å². The molecule has 3 amide bonds. The molecule has 3 N–H and O–H groups in total. The first-order chi connectivity index (χ1) is 19.8. The van der Waals surface area contributed by atoms with Gasteiger partial charge in [0.25, 0.3) is 0 Å². The topological polar surface area (TPSA) is 134 Å². The number of alkyl carbamates (subject to hydrolysis) is 1. The van der Waals surface area contributed by atoms with Gasteiger partial charge in [0.1, 0.15) is 23.4 Å². The van der Waals surface area contributed by atoms with Gasteiger partial charge in [0.15, 0.2) is 0 Å². The molecule has 238 valence electrons. The second kappa shape index (κ2) is 19.0. The second-order valence-electron chi connectivity index (χ2n) is 11.7. The molecule has 0 aromatic heterocycles. The Kier molecular flexibility index (Phi) is 16.6. The van der Waals surface area contributed by atoms with Gasteiger partial charge < -0.3 is 30.1 Å². The average Bonchev–Trinajstić information content (AvgIpc) is 2.91. The van der Waals surface area contributed by atoms with Crippen molar-refractivity contribution in [1.29, 1.82) is 0 Å². The summed E-state index contributed by atoms with van der Waals surface area (Å²) in [5, 5.41) is 15.8. The van der Waals surface area contributed by atoms with Crippen molar-refractivity contribution in [3.63, 3.8) is 0 Å². The number of ether oxygens (including phenoxy) is 2. The molecule has 0 aliphatic carbocycles. The first-order valence-corrected chi connectivity index (χ1v) is 15.4. The minimum Gasteiger partial charge on any atom is -0.508 e. The summed E-state index contributed by atoms with van der Waals surface area (Å²) in [4.78, 5) is 54.2. The Morgan fingerprint density at radius 1 is 1.00 bits per heavy atom. The van der Waals surface area contributed by atoms with E-state index in [0.29, 0.717) is 18.4 Å². The van der Waals surface area contributed by atoms with Crippen LogP contribution < -0.4 is 10.6 Å². The number of aromatic hydroxyl groups is 1. The lowest BCUT2D eigenvalue weighted by Crippen LogP contribution is -2.55. The summed E-state index contributed by atoms with van der Waals surface area (Å²) >= 11 is 0. The second-order valence-corrected chi connectivity index (χ2v) is 11.7. The predicted molar refractivity (Wildman–Crippen MR) is 163 cm³/mol. The highest BCUT2D eigenvalue weighted by atomic mass is 16.6. The van der Waals surface area contributed by atoms with Gasteiger partial charge in [-0.05, 0) is 57.7 Å². The fourth-order valence-electron chi connectivity index (χ4n) is 4.51. The lowest BCUT2D eigenvalue weighted by atomic mass is 9.95. The van der Waals surface area contributed by atoms with Crippen LogP contribution in [0.2, 0.25) is 0 Å². The molecule has 0 spiro atoms. The monoisotopic (exact) mass is 591 g/mol. The zero-order valence-electron chi connectivity index (χ0n) is 26.7. The fourth-order valence-corrected chi connectivity index (χ4v) is 4.51. The van der Waals surface area contributed by atoms with Crippen LogP contribution in [0, 0.1) is 5.92 Å². The Balaban J connectivity index is 3.44. The number of carbonyl (C=O) groups is 4. The molecule has 0 saturated carbocycles. The van der Waals surface area contributed by atoms with Crippen molar-refractivity contribution in [1.82, 2.24) is 15.5 Å². The number of carbonyl (C=O) groups excluding carboxylic acids is 4. The quantitative estimate of drug-likeness (QED) is 0.149. The van der Waals surface area contributed by atoms with Crippen LogP contribution in [0.3, 0.4) is 0 Å². The van der Waals surface area contributed by atoms with Crippen LogP contribution in [-0.2, 0) is 23.9 Å². The highest BCUT2D eigenvalue weighted by molar-refractivity contribution is 5.92. The van der Waals surface area contributed by atoms with Gasteiger partial charge >= 0.3 is 12.1 Å². The minimum absolute atomic E-state index is 0.0204. The van der Waals surface area contributed by atoms with Crippen molar-refractivity contribution in [3.8, 4) is 5.75 Å². The molecule has 0 radical (unpaired) electrons. The van der Waals surface area contributed by atoms with E-state index in [1.807, 2.05) is 13.8 Å². The number of amides is 3. The Labute approximate surface area is 251 Å². The molecule has 10 nitrogen and oxygen atoms in total. The van der Waals surface area contributed by atoms with Crippen molar-refractivity contribution in [2.75, 3.05) is 19.7 Å². The maximum atomic E-state index is 14.3. The lowest BCUT2D eigenvalue weighted by molar-refractivity contribution is -0.145. The highest BCUT2D eigenvalue weighted by Crippen LogP contribution is 2.27. The normalized spacial score (nSPS) is 13.4. The number of benzene rings is 1. The number of hydrogen-bond acceptors (Lipinski definition) is 7. The largest absolute Gasteiger partial charge is 0.508 e. The molecule has 3 atom stereocenters. The maximum absolute atomic E-state index is 14.3. The molecule has 0 heterocycles. The van der Waals surface area contributed by atoms with Gasteiger partial charge in [-0.15, -0.1) is 0 Å². The number of nitrogens with zero attached hydrogens (tertiary/aromatic N) is 1. The third-order valence-corrected chi connectivity index (χ3v) is 6.87. The Morgan fingerprint density at radius 2 is 1.67 bits per heavy atom. The van der Waals surface area contributed by atoms with E-state index in [1.54, 1.807) is 39.8 Å². The van der Waals surface area contributed by atoms with E-state index < -0.39 is 41.6 Å². The Hall–Kier alpha value is -3.30. The van der Waals surface area contributed by atoms with Crippen molar-refractivity contribution in [2.45, 2.75) is 118 Å². The minimum atomic E-state index is -1.10. The van der Waals surface area contributed by atoms with Gasteiger partial charge in [0.2, 0.25) is 11.8 Å². The van der Waals surface area contributed by atoms with Gasteiger partial charge in [-0.1, -0.05) is 71.4 Å². The number of unbranched alkanes of at least 4 members (excludes halogenated alkanes) is 5. The molecule has 3 unspecified atom stereocenters. The molecular formula is C32H53N3O7. The molecule has 0 fully saturated rings. The van der Waals surface area contributed by atoms with Gasteiger partial charge in [-0.25, -0.2) is 4.79 Å². The number of hydrogen-bond donors (Lipinski definition) is 3. The molecule has 42 heavy (non-hydrogen) atoms. The van der Waals surface area contributed by atoms with Crippen LogP contribution in [-0.4, -0.2) is 65.2 Å². The van der Waals surface area contributed by atoms with E-state index in [9.17, 15) is 24.3 Å². The maximum Gasteiger partial charge on any atom is 0.408 e. The molecule has 0 saturated heterocycles. The van der Waals surface area contributed by atoms with E-state index in [0.717, 1.165) is 32.1 Å². The zero-order chi connectivity index (χ0) is 31.7. The molecule has 1 aromatic rings. The molecule has 1 aromatic carbocycles. The third kappa shape index (κ3) is 13.6. The standard InChI is InChI=1S/C32H53N3O7/c1-8-11-12-13-14-15-21-35(30(39)27(23(4)9-2)34-31(40)42-32(5,6)7)28(24-17-16-18-25(36)22-24)29(38)33-20-19-26(37)41-10-3/h16-18,22-23,27-28,36H,8-15,19-21H2,1-7H3,(H,33,38)(H,34,40). The summed E-state index contributed by atoms with van der Waals surface area (Å²) < 4.78 is 10.4. The SMILES string of the molecule is CCCCCCCCN(C(=O)C(NC(=O)OC(C)(C)C)C(C)CC)C(C(=O)NCCC(=O)OCC)c1cccc(O)c1. The van der Waals surface area contributed by atoms with E-state index in [2.05, 4.69) is 17.6 Å². The number of rotatable bonds is 18. The molecule has 1 rings (SSSR count). The fraction of sp³-hybridized carbons (Fsp3) is 0.688. The van der Waals surface area contributed by atoms with Crippen LogP contribution in [0.25, 0.3) is 0 Å².